The maximum atomic E-state index is 12.4. The number of carbonyl (C=O) groups excluding carboxylic acids is 1. The number of benzene rings is 1. The van der Waals surface area contributed by atoms with Gasteiger partial charge in [-0.15, -0.1) is 0 Å². The van der Waals surface area contributed by atoms with Gasteiger partial charge in [-0.25, -0.2) is 0 Å². The molecule has 2 aromatic rings. The van der Waals surface area contributed by atoms with E-state index in [4.69, 9.17) is 5.73 Å². The van der Waals surface area contributed by atoms with Gasteiger partial charge in [-0.3, -0.25) is 4.79 Å². The number of fused-ring (bicyclic) bond motifs is 1. The highest BCUT2D eigenvalue weighted by Gasteiger charge is 2.23. The number of anilines is 1. The van der Waals surface area contributed by atoms with E-state index in [1.165, 1.54) is 5.56 Å². The molecule has 0 bridgehead atoms. The van der Waals surface area contributed by atoms with Gasteiger partial charge in [0.15, 0.2) is 0 Å². The molecule has 19 heavy (non-hydrogen) atoms. The fourth-order valence-corrected chi connectivity index (χ4v) is 2.82. The molecule has 5 heteroatoms. The Kier molecular flexibility index (Phi) is 3.06. The zero-order chi connectivity index (χ0) is 13.4. The smallest absolute Gasteiger partial charge is 0.270 e. The minimum atomic E-state index is 0.0266. The monoisotopic (exact) mass is 319 g/mol. The molecule has 3 rings (SSSR count). The van der Waals surface area contributed by atoms with Crippen LogP contribution in [0.5, 0.6) is 0 Å². The minimum Gasteiger partial charge on any atom is -0.398 e. The Bertz CT molecular complexity index is 635. The Morgan fingerprint density at radius 3 is 3.00 bits per heavy atom. The van der Waals surface area contributed by atoms with E-state index in [0.29, 0.717) is 18.8 Å². The van der Waals surface area contributed by atoms with Crippen LogP contribution in [0.4, 0.5) is 5.69 Å². The van der Waals surface area contributed by atoms with Crippen molar-refractivity contribution >= 4 is 27.5 Å². The van der Waals surface area contributed by atoms with Crippen LogP contribution in [-0.2, 0) is 13.0 Å². The van der Waals surface area contributed by atoms with Crippen LogP contribution in [0.3, 0.4) is 0 Å². The van der Waals surface area contributed by atoms with Gasteiger partial charge in [-0.1, -0.05) is 12.1 Å². The van der Waals surface area contributed by atoms with Crippen molar-refractivity contribution in [3.8, 4) is 0 Å². The zero-order valence-electron chi connectivity index (χ0n) is 10.3. The van der Waals surface area contributed by atoms with E-state index in [9.17, 15) is 4.79 Å². The largest absolute Gasteiger partial charge is 0.398 e. The molecule has 1 amide bonds. The lowest BCUT2D eigenvalue weighted by atomic mass is 9.98. The fourth-order valence-electron chi connectivity index (χ4n) is 2.47. The van der Waals surface area contributed by atoms with Crippen LogP contribution in [-0.4, -0.2) is 22.3 Å². The Labute approximate surface area is 119 Å². The number of amides is 1. The van der Waals surface area contributed by atoms with Crippen molar-refractivity contribution in [1.29, 1.82) is 0 Å². The number of carbonyl (C=O) groups is 1. The molecule has 4 nitrogen and oxygen atoms in total. The summed E-state index contributed by atoms with van der Waals surface area (Å²) in [6.45, 7) is 1.33. The van der Waals surface area contributed by atoms with Crippen LogP contribution in [0.2, 0.25) is 0 Å². The SMILES string of the molecule is Nc1cccc2c1CCN(C(=O)c1cc(Br)c[nH]1)C2. The molecule has 1 aromatic carbocycles. The van der Waals surface area contributed by atoms with Crippen molar-refractivity contribution in [2.45, 2.75) is 13.0 Å². The number of hydrogen-bond donors (Lipinski definition) is 2. The van der Waals surface area contributed by atoms with Gasteiger partial charge in [0.1, 0.15) is 5.69 Å². The van der Waals surface area contributed by atoms with Crippen LogP contribution < -0.4 is 5.73 Å². The van der Waals surface area contributed by atoms with E-state index in [1.54, 1.807) is 12.3 Å². The topological polar surface area (TPSA) is 62.1 Å². The van der Waals surface area contributed by atoms with Gasteiger partial charge in [0.2, 0.25) is 0 Å². The molecule has 0 radical (unpaired) electrons. The highest BCUT2D eigenvalue weighted by Crippen LogP contribution is 2.25. The molecule has 0 saturated carbocycles. The van der Waals surface area contributed by atoms with Gasteiger partial charge in [0.25, 0.3) is 5.91 Å². The number of nitrogen functional groups attached to an aromatic ring is 1. The molecule has 0 fully saturated rings. The van der Waals surface area contributed by atoms with Crippen LogP contribution in [0.1, 0.15) is 21.6 Å². The lowest BCUT2D eigenvalue weighted by Gasteiger charge is -2.29. The van der Waals surface area contributed by atoms with Gasteiger partial charge in [0, 0.05) is 29.4 Å². The Morgan fingerprint density at radius 2 is 2.26 bits per heavy atom. The van der Waals surface area contributed by atoms with Crippen molar-refractivity contribution in [2.24, 2.45) is 0 Å². The molecule has 1 aliphatic rings. The standard InChI is InChI=1S/C14H14BrN3O/c15-10-6-13(17-7-10)14(19)18-5-4-11-9(8-18)2-1-3-12(11)16/h1-3,6-7,17H,4-5,8,16H2. The number of nitrogens with zero attached hydrogens (tertiary/aromatic N) is 1. The maximum Gasteiger partial charge on any atom is 0.270 e. The average Bonchev–Trinajstić information content (AvgIpc) is 2.84. The third kappa shape index (κ3) is 2.26. The number of hydrogen-bond acceptors (Lipinski definition) is 2. The number of aromatic nitrogens is 1. The fraction of sp³-hybridized carbons (Fsp3) is 0.214. The maximum absolute atomic E-state index is 12.4. The molecule has 98 valence electrons. The normalized spacial score (nSPS) is 14.3. The predicted octanol–water partition coefficient (Wildman–Crippen LogP) is 2.56. The first-order chi connectivity index (χ1) is 9.15. The van der Waals surface area contributed by atoms with Crippen molar-refractivity contribution in [3.63, 3.8) is 0 Å². The van der Waals surface area contributed by atoms with E-state index < -0.39 is 0 Å². The second-order valence-corrected chi connectivity index (χ2v) is 5.61. The number of rotatable bonds is 1. The van der Waals surface area contributed by atoms with Crippen molar-refractivity contribution in [1.82, 2.24) is 9.88 Å². The Balaban J connectivity index is 1.84. The molecular formula is C14H14BrN3O. The summed E-state index contributed by atoms with van der Waals surface area (Å²) in [6.07, 6.45) is 2.58. The third-order valence-corrected chi connectivity index (χ3v) is 3.93. The summed E-state index contributed by atoms with van der Waals surface area (Å²) in [5.74, 6) is 0.0266. The van der Waals surface area contributed by atoms with E-state index in [-0.39, 0.29) is 5.91 Å². The van der Waals surface area contributed by atoms with Crippen LogP contribution in [0.15, 0.2) is 34.9 Å². The molecule has 0 saturated heterocycles. The number of nitrogens with one attached hydrogen (secondary N) is 1. The van der Waals surface area contributed by atoms with E-state index in [2.05, 4.69) is 20.9 Å². The van der Waals surface area contributed by atoms with Crippen LogP contribution in [0.25, 0.3) is 0 Å². The first kappa shape index (κ1) is 12.3. The molecule has 0 spiro atoms. The average molecular weight is 320 g/mol. The molecule has 0 aliphatic carbocycles. The molecule has 3 N–H and O–H groups in total. The highest BCUT2D eigenvalue weighted by molar-refractivity contribution is 9.10. The number of halogens is 1. The van der Waals surface area contributed by atoms with Gasteiger partial charge in [-0.05, 0) is 45.6 Å². The summed E-state index contributed by atoms with van der Waals surface area (Å²) in [5, 5.41) is 0. The highest BCUT2D eigenvalue weighted by atomic mass is 79.9. The minimum absolute atomic E-state index is 0.0266. The molecule has 1 aromatic heterocycles. The first-order valence-electron chi connectivity index (χ1n) is 6.14. The number of aromatic amines is 1. The van der Waals surface area contributed by atoms with Gasteiger partial charge in [0.05, 0.1) is 0 Å². The molecule has 2 heterocycles. The quantitative estimate of drug-likeness (QED) is 0.793. The van der Waals surface area contributed by atoms with Crippen molar-refractivity contribution in [2.75, 3.05) is 12.3 Å². The van der Waals surface area contributed by atoms with Crippen LogP contribution >= 0.6 is 15.9 Å². The lowest BCUT2D eigenvalue weighted by molar-refractivity contribution is 0.0729. The molecule has 0 atom stereocenters. The second kappa shape index (κ2) is 4.74. The second-order valence-electron chi connectivity index (χ2n) is 4.69. The zero-order valence-corrected chi connectivity index (χ0v) is 11.9. The van der Waals surface area contributed by atoms with E-state index in [1.807, 2.05) is 23.1 Å². The Hall–Kier alpha value is -1.75. The summed E-state index contributed by atoms with van der Waals surface area (Å²) >= 11 is 3.34. The third-order valence-electron chi connectivity index (χ3n) is 3.47. The summed E-state index contributed by atoms with van der Waals surface area (Å²) in [6, 6.07) is 7.69. The van der Waals surface area contributed by atoms with E-state index in [0.717, 1.165) is 22.1 Å². The summed E-state index contributed by atoms with van der Waals surface area (Å²) in [4.78, 5) is 17.2. The summed E-state index contributed by atoms with van der Waals surface area (Å²) in [7, 11) is 0. The van der Waals surface area contributed by atoms with Gasteiger partial charge in [-0.2, -0.15) is 0 Å². The molecule has 1 aliphatic heterocycles. The summed E-state index contributed by atoms with van der Waals surface area (Å²) in [5.41, 5.74) is 9.72. The van der Waals surface area contributed by atoms with Crippen LogP contribution in [0, 0.1) is 0 Å². The number of H-pyrrole nitrogens is 1. The summed E-state index contributed by atoms with van der Waals surface area (Å²) < 4.78 is 0.887. The lowest BCUT2D eigenvalue weighted by Crippen LogP contribution is -2.36. The number of nitrogens with two attached hydrogens (primary N) is 1. The molecular weight excluding hydrogens is 306 g/mol. The van der Waals surface area contributed by atoms with Crippen molar-refractivity contribution < 1.29 is 4.79 Å². The predicted molar refractivity (Wildman–Crippen MR) is 77.8 cm³/mol. The van der Waals surface area contributed by atoms with Crippen molar-refractivity contribution in [3.05, 3.63) is 51.8 Å². The first-order valence-corrected chi connectivity index (χ1v) is 6.94. The van der Waals surface area contributed by atoms with E-state index >= 15 is 0 Å². The van der Waals surface area contributed by atoms with Gasteiger partial charge < -0.3 is 15.6 Å². The molecule has 0 unspecified atom stereocenters. The Morgan fingerprint density at radius 1 is 1.42 bits per heavy atom. The van der Waals surface area contributed by atoms with Gasteiger partial charge >= 0.3 is 0 Å².